The summed E-state index contributed by atoms with van der Waals surface area (Å²) in [4.78, 5) is 34.5. The molecule has 1 unspecified atom stereocenters. The van der Waals surface area contributed by atoms with Gasteiger partial charge in [-0.05, 0) is 38.8 Å². The van der Waals surface area contributed by atoms with E-state index in [-0.39, 0.29) is 18.5 Å². The van der Waals surface area contributed by atoms with Crippen molar-refractivity contribution < 1.29 is 14.3 Å². The highest BCUT2D eigenvalue weighted by atomic mass is 16.6. The smallest absolute Gasteiger partial charge is 0.408 e. The van der Waals surface area contributed by atoms with Gasteiger partial charge in [0.05, 0.1) is 6.04 Å². The van der Waals surface area contributed by atoms with Gasteiger partial charge in [-0.15, -0.1) is 0 Å². The highest BCUT2D eigenvalue weighted by molar-refractivity contribution is 5.98. The number of ether oxygens (including phenoxy) is 1. The molecule has 1 aliphatic rings. The Balaban J connectivity index is 1.77. The highest BCUT2D eigenvalue weighted by Crippen LogP contribution is 2.39. The number of nitrogens with one attached hydrogen (secondary N) is 2. The molecule has 1 aromatic heterocycles. The molecule has 0 radical (unpaired) electrons. The maximum Gasteiger partial charge on any atom is 0.408 e. The van der Waals surface area contributed by atoms with E-state index in [2.05, 4.69) is 22.2 Å². The summed E-state index contributed by atoms with van der Waals surface area (Å²) >= 11 is 0. The summed E-state index contributed by atoms with van der Waals surface area (Å²) in [6, 6.07) is 7.61. The first-order valence-corrected chi connectivity index (χ1v) is 9.69. The number of anilines is 1. The van der Waals surface area contributed by atoms with E-state index >= 15 is 0 Å². The molecule has 150 valence electrons. The summed E-state index contributed by atoms with van der Waals surface area (Å²) in [6.45, 7) is 7.33. The SMILES string of the molecule is CCCc1cnc(C2Cc3ccccc3N2C(=O)CNC(=O)OC(C)(C)C)[nH]1. The molecule has 0 aliphatic carbocycles. The number of carbonyl (C=O) groups is 2. The third kappa shape index (κ3) is 4.52. The van der Waals surface area contributed by atoms with E-state index in [1.165, 1.54) is 0 Å². The minimum absolute atomic E-state index is 0.137. The number of benzene rings is 1. The van der Waals surface area contributed by atoms with Crippen LogP contribution in [0.4, 0.5) is 10.5 Å². The monoisotopic (exact) mass is 384 g/mol. The topological polar surface area (TPSA) is 87.3 Å². The molecule has 2 N–H and O–H groups in total. The lowest BCUT2D eigenvalue weighted by Crippen LogP contribution is -2.42. The lowest BCUT2D eigenvalue weighted by molar-refractivity contribution is -0.118. The Bertz CT molecular complexity index is 853. The number of para-hydroxylation sites is 1. The molecule has 0 fully saturated rings. The predicted molar refractivity (Wildman–Crippen MR) is 107 cm³/mol. The summed E-state index contributed by atoms with van der Waals surface area (Å²) in [5.74, 6) is 0.569. The maximum atomic E-state index is 13.0. The quantitative estimate of drug-likeness (QED) is 0.826. The van der Waals surface area contributed by atoms with Crippen LogP contribution in [0.15, 0.2) is 30.5 Å². The number of carbonyl (C=O) groups excluding carboxylic acids is 2. The number of rotatable bonds is 5. The Kier molecular flexibility index (Phi) is 5.72. The van der Waals surface area contributed by atoms with Crippen LogP contribution in [0.2, 0.25) is 0 Å². The van der Waals surface area contributed by atoms with Crippen molar-refractivity contribution in [2.24, 2.45) is 0 Å². The van der Waals surface area contributed by atoms with Gasteiger partial charge in [0.25, 0.3) is 0 Å². The second kappa shape index (κ2) is 8.04. The van der Waals surface area contributed by atoms with Crippen molar-refractivity contribution >= 4 is 17.7 Å². The summed E-state index contributed by atoms with van der Waals surface area (Å²) in [5.41, 5.74) is 2.40. The average molecular weight is 384 g/mol. The average Bonchev–Trinajstić information content (AvgIpc) is 3.22. The predicted octanol–water partition coefficient (Wildman–Crippen LogP) is 3.52. The number of imidazole rings is 1. The molecule has 0 bridgehead atoms. The molecular formula is C21H28N4O3. The van der Waals surface area contributed by atoms with Gasteiger partial charge in [-0.1, -0.05) is 31.5 Å². The van der Waals surface area contributed by atoms with Gasteiger partial charge in [-0.25, -0.2) is 9.78 Å². The number of alkyl carbamates (subject to hydrolysis) is 1. The Morgan fingerprint density at radius 3 is 2.79 bits per heavy atom. The van der Waals surface area contributed by atoms with Gasteiger partial charge >= 0.3 is 6.09 Å². The number of aryl methyl sites for hydroxylation is 1. The molecular weight excluding hydrogens is 356 g/mol. The first-order valence-electron chi connectivity index (χ1n) is 9.69. The first-order chi connectivity index (χ1) is 13.3. The van der Waals surface area contributed by atoms with Crippen LogP contribution in [0.5, 0.6) is 0 Å². The number of aromatic nitrogens is 2. The normalized spacial score (nSPS) is 16.0. The Morgan fingerprint density at radius 2 is 2.07 bits per heavy atom. The van der Waals surface area contributed by atoms with E-state index in [0.29, 0.717) is 6.42 Å². The van der Waals surface area contributed by atoms with Gasteiger partial charge in [0.1, 0.15) is 18.0 Å². The molecule has 0 saturated heterocycles. The molecule has 3 rings (SSSR count). The number of amides is 2. The number of fused-ring (bicyclic) bond motifs is 1. The molecule has 1 aliphatic heterocycles. The van der Waals surface area contributed by atoms with Crippen LogP contribution < -0.4 is 10.2 Å². The van der Waals surface area contributed by atoms with E-state index in [1.54, 1.807) is 25.7 Å². The van der Waals surface area contributed by atoms with E-state index in [0.717, 1.165) is 35.6 Å². The lowest BCUT2D eigenvalue weighted by Gasteiger charge is -2.25. The summed E-state index contributed by atoms with van der Waals surface area (Å²) in [7, 11) is 0. The lowest BCUT2D eigenvalue weighted by atomic mass is 10.1. The molecule has 0 spiro atoms. The van der Waals surface area contributed by atoms with Crippen LogP contribution in [0.25, 0.3) is 0 Å². The Hall–Kier alpha value is -2.83. The Labute approximate surface area is 165 Å². The van der Waals surface area contributed by atoms with Crippen LogP contribution in [-0.4, -0.2) is 34.1 Å². The van der Waals surface area contributed by atoms with Crippen molar-refractivity contribution in [3.8, 4) is 0 Å². The second-order valence-electron chi connectivity index (χ2n) is 8.01. The fourth-order valence-electron chi connectivity index (χ4n) is 3.40. The number of aromatic amines is 1. The first kappa shape index (κ1) is 19.9. The molecule has 7 heteroatoms. The Morgan fingerprint density at radius 1 is 1.32 bits per heavy atom. The zero-order valence-electron chi connectivity index (χ0n) is 16.9. The number of H-pyrrole nitrogens is 1. The fourth-order valence-corrected chi connectivity index (χ4v) is 3.40. The molecule has 28 heavy (non-hydrogen) atoms. The zero-order chi connectivity index (χ0) is 20.3. The van der Waals surface area contributed by atoms with Crippen LogP contribution >= 0.6 is 0 Å². The van der Waals surface area contributed by atoms with Crippen LogP contribution in [-0.2, 0) is 22.4 Å². The van der Waals surface area contributed by atoms with Crippen molar-refractivity contribution in [3.05, 3.63) is 47.5 Å². The number of nitrogens with zero attached hydrogens (tertiary/aromatic N) is 2. The van der Waals surface area contributed by atoms with Crippen molar-refractivity contribution in [2.75, 3.05) is 11.4 Å². The molecule has 1 atom stereocenters. The number of hydrogen-bond acceptors (Lipinski definition) is 4. The third-order valence-electron chi connectivity index (χ3n) is 4.51. The molecule has 2 aromatic rings. The standard InChI is InChI=1S/C21H28N4O3/c1-5-8-15-12-22-19(24-15)17-11-14-9-6-7-10-16(14)25(17)18(26)13-23-20(27)28-21(2,3)4/h6-7,9-10,12,17H,5,8,11,13H2,1-4H3,(H,22,24)(H,23,27). The van der Waals surface area contributed by atoms with Crippen LogP contribution in [0.3, 0.4) is 0 Å². The second-order valence-corrected chi connectivity index (χ2v) is 8.01. The van der Waals surface area contributed by atoms with Gasteiger partial charge in [0.15, 0.2) is 0 Å². The van der Waals surface area contributed by atoms with Crippen molar-refractivity contribution in [1.82, 2.24) is 15.3 Å². The zero-order valence-corrected chi connectivity index (χ0v) is 16.9. The molecule has 2 amide bonds. The van der Waals surface area contributed by atoms with Gasteiger partial charge < -0.3 is 15.0 Å². The maximum absolute atomic E-state index is 13.0. The summed E-state index contributed by atoms with van der Waals surface area (Å²) in [5, 5.41) is 2.56. The molecule has 1 aromatic carbocycles. The summed E-state index contributed by atoms with van der Waals surface area (Å²) in [6.07, 6.45) is 3.86. The third-order valence-corrected chi connectivity index (χ3v) is 4.51. The van der Waals surface area contributed by atoms with Crippen molar-refractivity contribution in [1.29, 1.82) is 0 Å². The van der Waals surface area contributed by atoms with Gasteiger partial charge in [-0.3, -0.25) is 9.69 Å². The van der Waals surface area contributed by atoms with Gasteiger partial charge in [0, 0.05) is 24.0 Å². The van der Waals surface area contributed by atoms with E-state index in [9.17, 15) is 9.59 Å². The molecule has 7 nitrogen and oxygen atoms in total. The van der Waals surface area contributed by atoms with Gasteiger partial charge in [-0.2, -0.15) is 0 Å². The summed E-state index contributed by atoms with van der Waals surface area (Å²) < 4.78 is 5.22. The van der Waals surface area contributed by atoms with Crippen molar-refractivity contribution in [2.45, 2.75) is 58.6 Å². The number of hydrogen-bond donors (Lipinski definition) is 2. The fraction of sp³-hybridized carbons (Fsp3) is 0.476. The highest BCUT2D eigenvalue weighted by Gasteiger charge is 2.36. The molecule has 2 heterocycles. The van der Waals surface area contributed by atoms with Gasteiger partial charge in [0.2, 0.25) is 5.91 Å². The largest absolute Gasteiger partial charge is 0.444 e. The minimum Gasteiger partial charge on any atom is -0.444 e. The van der Waals surface area contributed by atoms with E-state index < -0.39 is 11.7 Å². The minimum atomic E-state index is -0.611. The van der Waals surface area contributed by atoms with Crippen LogP contribution in [0, 0.1) is 0 Å². The van der Waals surface area contributed by atoms with E-state index in [1.807, 2.05) is 30.5 Å². The van der Waals surface area contributed by atoms with Crippen LogP contribution in [0.1, 0.15) is 57.2 Å². The van der Waals surface area contributed by atoms with Crippen molar-refractivity contribution in [3.63, 3.8) is 0 Å². The molecule has 0 saturated carbocycles. The van der Waals surface area contributed by atoms with E-state index in [4.69, 9.17) is 4.74 Å².